The minimum atomic E-state index is -0.335. The number of ether oxygens (including phenoxy) is 2. The molecule has 16 heavy (non-hydrogen) atoms. The highest BCUT2D eigenvalue weighted by molar-refractivity contribution is 5.74. The Morgan fingerprint density at radius 3 is 2.19 bits per heavy atom. The SMILES string of the molecule is CCOC(CNC(C)(C)CC(N)=O)OCC. The zero-order valence-electron chi connectivity index (χ0n) is 10.7. The molecule has 0 saturated heterocycles. The fraction of sp³-hybridized carbons (Fsp3) is 0.909. The van der Waals surface area contributed by atoms with Gasteiger partial charge in [-0.1, -0.05) is 0 Å². The molecule has 0 unspecified atom stereocenters. The average molecular weight is 232 g/mol. The van der Waals surface area contributed by atoms with E-state index < -0.39 is 0 Å². The molecule has 0 aromatic rings. The summed E-state index contributed by atoms with van der Waals surface area (Å²) in [6.45, 7) is 9.42. The van der Waals surface area contributed by atoms with Crippen LogP contribution < -0.4 is 11.1 Å². The number of nitrogens with one attached hydrogen (secondary N) is 1. The van der Waals surface area contributed by atoms with Gasteiger partial charge < -0.3 is 20.5 Å². The second-order valence-electron chi connectivity index (χ2n) is 4.25. The number of carbonyl (C=O) groups excluding carboxylic acids is 1. The maximum absolute atomic E-state index is 10.8. The number of hydrogen-bond donors (Lipinski definition) is 2. The largest absolute Gasteiger partial charge is 0.370 e. The molecule has 0 spiro atoms. The summed E-state index contributed by atoms with van der Waals surface area (Å²) in [5, 5.41) is 3.21. The van der Waals surface area contributed by atoms with Gasteiger partial charge in [-0.3, -0.25) is 4.79 Å². The normalized spacial score (nSPS) is 12.1. The van der Waals surface area contributed by atoms with E-state index in [0.717, 1.165) is 0 Å². The minimum absolute atomic E-state index is 0.276. The fourth-order valence-corrected chi connectivity index (χ4v) is 1.40. The monoisotopic (exact) mass is 232 g/mol. The van der Waals surface area contributed by atoms with Gasteiger partial charge >= 0.3 is 0 Å². The van der Waals surface area contributed by atoms with Crippen LogP contribution in [0, 0.1) is 0 Å². The standard InChI is InChI=1S/C11H24N2O3/c1-5-15-10(16-6-2)8-13-11(3,4)7-9(12)14/h10,13H,5-8H2,1-4H3,(H2,12,14). The number of rotatable bonds is 9. The summed E-state index contributed by atoms with van der Waals surface area (Å²) in [7, 11) is 0. The molecule has 0 radical (unpaired) electrons. The molecule has 0 heterocycles. The highest BCUT2D eigenvalue weighted by Crippen LogP contribution is 2.08. The van der Waals surface area contributed by atoms with Crippen molar-refractivity contribution >= 4 is 5.91 Å². The first-order valence-corrected chi connectivity index (χ1v) is 5.67. The Bertz CT molecular complexity index is 201. The van der Waals surface area contributed by atoms with Crippen LogP contribution in [0.1, 0.15) is 34.1 Å². The van der Waals surface area contributed by atoms with E-state index in [-0.39, 0.29) is 24.2 Å². The molecular formula is C11H24N2O3. The van der Waals surface area contributed by atoms with Crippen LogP contribution in [-0.2, 0) is 14.3 Å². The number of carbonyl (C=O) groups is 1. The number of hydrogen-bond acceptors (Lipinski definition) is 4. The van der Waals surface area contributed by atoms with Crippen molar-refractivity contribution in [3.8, 4) is 0 Å². The van der Waals surface area contributed by atoms with Crippen LogP contribution >= 0.6 is 0 Å². The summed E-state index contributed by atoms with van der Waals surface area (Å²) in [4.78, 5) is 10.8. The lowest BCUT2D eigenvalue weighted by atomic mass is 10.0. The Morgan fingerprint density at radius 2 is 1.81 bits per heavy atom. The van der Waals surface area contributed by atoms with Crippen molar-refractivity contribution in [1.29, 1.82) is 0 Å². The molecule has 0 bridgehead atoms. The predicted molar refractivity (Wildman–Crippen MR) is 62.9 cm³/mol. The lowest BCUT2D eigenvalue weighted by Crippen LogP contribution is -2.47. The van der Waals surface area contributed by atoms with Crippen molar-refractivity contribution in [2.45, 2.75) is 45.9 Å². The van der Waals surface area contributed by atoms with Gasteiger partial charge in [-0.15, -0.1) is 0 Å². The molecule has 1 amide bonds. The van der Waals surface area contributed by atoms with Crippen LogP contribution in [0.15, 0.2) is 0 Å². The molecule has 0 aromatic heterocycles. The first kappa shape index (κ1) is 15.3. The second kappa shape index (κ2) is 7.60. The Balaban J connectivity index is 4.01. The van der Waals surface area contributed by atoms with E-state index in [9.17, 15) is 4.79 Å². The van der Waals surface area contributed by atoms with Crippen LogP contribution in [-0.4, -0.2) is 37.5 Å². The molecule has 0 aliphatic rings. The summed E-state index contributed by atoms with van der Waals surface area (Å²) in [5.41, 5.74) is 4.83. The highest BCUT2D eigenvalue weighted by Gasteiger charge is 2.21. The van der Waals surface area contributed by atoms with E-state index in [2.05, 4.69) is 5.32 Å². The van der Waals surface area contributed by atoms with Crippen molar-refractivity contribution < 1.29 is 14.3 Å². The van der Waals surface area contributed by atoms with Crippen molar-refractivity contribution in [2.24, 2.45) is 5.73 Å². The maximum Gasteiger partial charge on any atom is 0.219 e. The molecule has 0 aliphatic carbocycles. The van der Waals surface area contributed by atoms with Gasteiger partial charge in [0.2, 0.25) is 5.91 Å². The molecule has 3 N–H and O–H groups in total. The molecule has 0 fully saturated rings. The van der Waals surface area contributed by atoms with Crippen molar-refractivity contribution in [3.05, 3.63) is 0 Å². The van der Waals surface area contributed by atoms with Crippen LogP contribution in [0.4, 0.5) is 0 Å². The lowest BCUT2D eigenvalue weighted by Gasteiger charge is -2.27. The van der Waals surface area contributed by atoms with Crippen LogP contribution in [0.5, 0.6) is 0 Å². The van der Waals surface area contributed by atoms with Gasteiger partial charge in [0.25, 0.3) is 0 Å². The van der Waals surface area contributed by atoms with E-state index in [1.807, 2.05) is 27.7 Å². The Kier molecular flexibility index (Phi) is 7.29. The number of primary amides is 1. The van der Waals surface area contributed by atoms with E-state index in [0.29, 0.717) is 19.8 Å². The Morgan fingerprint density at radius 1 is 1.31 bits per heavy atom. The maximum atomic E-state index is 10.8. The van der Waals surface area contributed by atoms with E-state index >= 15 is 0 Å². The molecular weight excluding hydrogens is 208 g/mol. The summed E-state index contributed by atoms with van der Waals surface area (Å²) < 4.78 is 10.8. The molecule has 0 saturated carbocycles. The smallest absolute Gasteiger partial charge is 0.219 e. The molecule has 0 rings (SSSR count). The Hall–Kier alpha value is -0.650. The van der Waals surface area contributed by atoms with Gasteiger partial charge in [0.1, 0.15) is 0 Å². The lowest BCUT2D eigenvalue weighted by molar-refractivity contribution is -0.136. The minimum Gasteiger partial charge on any atom is -0.370 e. The zero-order valence-corrected chi connectivity index (χ0v) is 10.7. The fourth-order valence-electron chi connectivity index (χ4n) is 1.40. The van der Waals surface area contributed by atoms with Gasteiger partial charge in [-0.25, -0.2) is 0 Å². The van der Waals surface area contributed by atoms with Crippen molar-refractivity contribution in [1.82, 2.24) is 5.32 Å². The molecule has 96 valence electrons. The molecule has 0 aromatic carbocycles. The van der Waals surface area contributed by atoms with Crippen LogP contribution in [0.2, 0.25) is 0 Å². The molecule has 0 aliphatic heterocycles. The summed E-state index contributed by atoms with van der Waals surface area (Å²) >= 11 is 0. The average Bonchev–Trinajstić information content (AvgIpc) is 2.13. The van der Waals surface area contributed by atoms with E-state index in [1.54, 1.807) is 0 Å². The zero-order chi connectivity index (χ0) is 12.6. The Labute approximate surface area is 97.7 Å². The first-order valence-electron chi connectivity index (χ1n) is 5.67. The van der Waals surface area contributed by atoms with E-state index in [1.165, 1.54) is 0 Å². The third kappa shape index (κ3) is 7.62. The third-order valence-corrected chi connectivity index (χ3v) is 2.07. The van der Waals surface area contributed by atoms with Crippen molar-refractivity contribution in [3.63, 3.8) is 0 Å². The van der Waals surface area contributed by atoms with Crippen LogP contribution in [0.3, 0.4) is 0 Å². The number of amides is 1. The predicted octanol–water partition coefficient (Wildman–Crippen LogP) is 0.629. The van der Waals surface area contributed by atoms with Gasteiger partial charge in [0.05, 0.1) is 0 Å². The summed E-state index contributed by atoms with van der Waals surface area (Å²) in [6.07, 6.45) is 0.0139. The van der Waals surface area contributed by atoms with E-state index in [4.69, 9.17) is 15.2 Å². The van der Waals surface area contributed by atoms with Gasteiger partial charge in [0.15, 0.2) is 6.29 Å². The number of nitrogens with two attached hydrogens (primary N) is 1. The quantitative estimate of drug-likeness (QED) is 0.572. The van der Waals surface area contributed by atoms with Crippen LogP contribution in [0.25, 0.3) is 0 Å². The molecule has 5 nitrogen and oxygen atoms in total. The molecule has 5 heteroatoms. The topological polar surface area (TPSA) is 73.6 Å². The van der Waals surface area contributed by atoms with Crippen molar-refractivity contribution in [2.75, 3.05) is 19.8 Å². The summed E-state index contributed by atoms with van der Waals surface area (Å²) in [6, 6.07) is 0. The second-order valence-corrected chi connectivity index (χ2v) is 4.25. The van der Waals surface area contributed by atoms with Gasteiger partial charge in [-0.05, 0) is 27.7 Å². The first-order chi connectivity index (χ1) is 7.41. The van der Waals surface area contributed by atoms with Gasteiger partial charge in [-0.2, -0.15) is 0 Å². The molecule has 0 atom stereocenters. The van der Waals surface area contributed by atoms with Gasteiger partial charge in [0, 0.05) is 31.7 Å². The summed E-state index contributed by atoms with van der Waals surface area (Å²) in [5.74, 6) is -0.318. The highest BCUT2D eigenvalue weighted by atomic mass is 16.7. The third-order valence-electron chi connectivity index (χ3n) is 2.07.